The first kappa shape index (κ1) is 17.5. The van der Waals surface area contributed by atoms with Gasteiger partial charge in [-0.15, -0.1) is 0 Å². The maximum absolute atomic E-state index is 12.7. The van der Waals surface area contributed by atoms with E-state index in [4.69, 9.17) is 4.74 Å². The number of rotatable bonds is 6. The Morgan fingerprint density at radius 3 is 2.40 bits per heavy atom. The lowest BCUT2D eigenvalue weighted by molar-refractivity contribution is -0.154. The summed E-state index contributed by atoms with van der Waals surface area (Å²) in [4.78, 5) is 12.7. The maximum atomic E-state index is 12.7. The zero-order chi connectivity index (χ0) is 17.5. The molecule has 0 spiro atoms. The fraction of sp³-hybridized carbons (Fsp3) is 0.348. The summed E-state index contributed by atoms with van der Waals surface area (Å²) in [5.74, 6) is -0.233. The van der Waals surface area contributed by atoms with E-state index >= 15 is 0 Å². The van der Waals surface area contributed by atoms with E-state index in [9.17, 15) is 4.79 Å². The minimum absolute atomic E-state index is 0.105. The first-order chi connectivity index (χ1) is 12.2. The quantitative estimate of drug-likeness (QED) is 0.504. The normalized spacial score (nSPS) is 18.6. The predicted molar refractivity (Wildman–Crippen MR) is 101 cm³/mol. The standard InChI is InChI=1S/C23H26O2/c1-18-10-8-9-15-21(18)23(24)25-22(20-13-6-3-7-14-20)17-16-19-11-4-2-5-12-19/h2-7,11-14,21-22H,1,8-10,15-17H2/t21?,22-/m1/s1. The molecule has 0 amide bonds. The van der Waals surface area contributed by atoms with Crippen molar-refractivity contribution in [2.75, 3.05) is 0 Å². The van der Waals surface area contributed by atoms with Gasteiger partial charge in [0.2, 0.25) is 0 Å². The molecule has 2 atom stereocenters. The zero-order valence-corrected chi connectivity index (χ0v) is 14.7. The molecule has 1 saturated carbocycles. The second-order valence-electron chi connectivity index (χ2n) is 6.82. The molecule has 0 heterocycles. The number of hydrogen-bond acceptors (Lipinski definition) is 2. The average Bonchev–Trinajstić information content (AvgIpc) is 2.67. The number of benzene rings is 2. The van der Waals surface area contributed by atoms with Crippen molar-refractivity contribution < 1.29 is 9.53 Å². The molecule has 130 valence electrons. The van der Waals surface area contributed by atoms with Crippen molar-refractivity contribution in [3.05, 3.63) is 83.9 Å². The third kappa shape index (κ3) is 4.82. The van der Waals surface area contributed by atoms with Crippen LogP contribution in [0.25, 0.3) is 0 Å². The number of ether oxygens (including phenoxy) is 1. The fourth-order valence-corrected chi connectivity index (χ4v) is 3.49. The van der Waals surface area contributed by atoms with Gasteiger partial charge in [0.05, 0.1) is 5.92 Å². The van der Waals surface area contributed by atoms with Crippen LogP contribution in [-0.2, 0) is 16.0 Å². The molecular formula is C23H26O2. The van der Waals surface area contributed by atoms with Gasteiger partial charge in [-0.3, -0.25) is 4.79 Å². The van der Waals surface area contributed by atoms with Crippen LogP contribution in [-0.4, -0.2) is 5.97 Å². The van der Waals surface area contributed by atoms with E-state index in [1.807, 2.05) is 48.5 Å². The van der Waals surface area contributed by atoms with Gasteiger partial charge >= 0.3 is 5.97 Å². The Balaban J connectivity index is 1.70. The van der Waals surface area contributed by atoms with Crippen LogP contribution < -0.4 is 0 Å². The van der Waals surface area contributed by atoms with Gasteiger partial charge in [-0.05, 0) is 43.2 Å². The van der Waals surface area contributed by atoms with E-state index in [1.165, 1.54) is 5.56 Å². The molecule has 2 heteroatoms. The first-order valence-electron chi connectivity index (χ1n) is 9.21. The summed E-state index contributed by atoms with van der Waals surface area (Å²) >= 11 is 0. The SMILES string of the molecule is C=C1CCCCC1C(=O)O[C@H](CCc1ccccc1)c1ccccc1. The molecule has 0 saturated heterocycles. The van der Waals surface area contributed by atoms with Crippen molar-refractivity contribution >= 4 is 5.97 Å². The Kier molecular flexibility index (Phi) is 6.05. The smallest absolute Gasteiger partial charge is 0.313 e. The van der Waals surface area contributed by atoms with Crippen LogP contribution in [0, 0.1) is 5.92 Å². The fourth-order valence-electron chi connectivity index (χ4n) is 3.49. The number of esters is 1. The highest BCUT2D eigenvalue weighted by molar-refractivity contribution is 5.76. The van der Waals surface area contributed by atoms with Crippen LogP contribution in [0.3, 0.4) is 0 Å². The van der Waals surface area contributed by atoms with Crippen LogP contribution >= 0.6 is 0 Å². The van der Waals surface area contributed by atoms with E-state index in [1.54, 1.807) is 0 Å². The molecule has 2 nitrogen and oxygen atoms in total. The zero-order valence-electron chi connectivity index (χ0n) is 14.7. The lowest BCUT2D eigenvalue weighted by Gasteiger charge is -2.26. The molecule has 0 radical (unpaired) electrons. The third-order valence-corrected chi connectivity index (χ3v) is 4.99. The Morgan fingerprint density at radius 2 is 1.72 bits per heavy atom. The number of carbonyl (C=O) groups is 1. The minimum atomic E-state index is -0.205. The molecule has 1 unspecified atom stereocenters. The van der Waals surface area contributed by atoms with Gasteiger partial charge in [0, 0.05) is 0 Å². The molecule has 25 heavy (non-hydrogen) atoms. The highest BCUT2D eigenvalue weighted by Crippen LogP contribution is 2.32. The third-order valence-electron chi connectivity index (χ3n) is 4.99. The molecule has 0 aliphatic heterocycles. The van der Waals surface area contributed by atoms with Crippen LogP contribution in [0.15, 0.2) is 72.8 Å². The summed E-state index contributed by atoms with van der Waals surface area (Å²) in [7, 11) is 0. The number of aryl methyl sites for hydroxylation is 1. The van der Waals surface area contributed by atoms with Crippen molar-refractivity contribution in [3.63, 3.8) is 0 Å². The van der Waals surface area contributed by atoms with Gasteiger partial charge in [0.15, 0.2) is 0 Å². The second-order valence-corrected chi connectivity index (χ2v) is 6.82. The lowest BCUT2D eigenvalue weighted by atomic mass is 9.85. The van der Waals surface area contributed by atoms with E-state index in [0.717, 1.165) is 49.7 Å². The summed E-state index contributed by atoms with van der Waals surface area (Å²) < 4.78 is 5.97. The minimum Gasteiger partial charge on any atom is -0.457 e. The molecule has 1 aliphatic carbocycles. The lowest BCUT2D eigenvalue weighted by Crippen LogP contribution is -2.24. The van der Waals surface area contributed by atoms with Crippen molar-refractivity contribution in [2.45, 2.75) is 44.6 Å². The highest BCUT2D eigenvalue weighted by Gasteiger charge is 2.28. The molecule has 2 aromatic carbocycles. The summed E-state index contributed by atoms with van der Waals surface area (Å²) in [6, 6.07) is 20.4. The van der Waals surface area contributed by atoms with Gasteiger partial charge in [0.25, 0.3) is 0 Å². The van der Waals surface area contributed by atoms with E-state index < -0.39 is 0 Å². The molecule has 3 rings (SSSR count). The Morgan fingerprint density at radius 1 is 1.04 bits per heavy atom. The topological polar surface area (TPSA) is 26.3 Å². The molecular weight excluding hydrogens is 308 g/mol. The van der Waals surface area contributed by atoms with Crippen molar-refractivity contribution in [2.24, 2.45) is 5.92 Å². The summed E-state index contributed by atoms with van der Waals surface area (Å²) in [6.45, 7) is 4.09. The largest absolute Gasteiger partial charge is 0.457 e. The second kappa shape index (κ2) is 8.66. The molecule has 0 bridgehead atoms. The van der Waals surface area contributed by atoms with Gasteiger partial charge in [-0.2, -0.15) is 0 Å². The van der Waals surface area contributed by atoms with E-state index in [0.29, 0.717) is 0 Å². The van der Waals surface area contributed by atoms with E-state index in [-0.39, 0.29) is 18.0 Å². The highest BCUT2D eigenvalue weighted by atomic mass is 16.5. The molecule has 2 aromatic rings. The van der Waals surface area contributed by atoms with Crippen LogP contribution in [0.1, 0.15) is 49.3 Å². The van der Waals surface area contributed by atoms with Gasteiger partial charge in [0.1, 0.15) is 6.10 Å². The summed E-state index contributed by atoms with van der Waals surface area (Å²) in [6.07, 6.45) is 5.51. The van der Waals surface area contributed by atoms with Gasteiger partial charge in [-0.1, -0.05) is 79.2 Å². The van der Waals surface area contributed by atoms with Crippen molar-refractivity contribution in [3.8, 4) is 0 Å². The molecule has 1 aliphatic rings. The van der Waals surface area contributed by atoms with Gasteiger partial charge in [-0.25, -0.2) is 0 Å². The van der Waals surface area contributed by atoms with E-state index in [2.05, 4.69) is 18.7 Å². The number of hydrogen-bond donors (Lipinski definition) is 0. The Bertz CT molecular complexity index is 691. The maximum Gasteiger partial charge on any atom is 0.313 e. The predicted octanol–water partition coefficient (Wildman–Crippen LogP) is 5.65. The van der Waals surface area contributed by atoms with Crippen molar-refractivity contribution in [1.29, 1.82) is 0 Å². The monoisotopic (exact) mass is 334 g/mol. The molecule has 1 fully saturated rings. The Hall–Kier alpha value is -2.35. The Labute approximate surface area is 150 Å². The summed E-state index contributed by atoms with van der Waals surface area (Å²) in [5.41, 5.74) is 3.36. The summed E-state index contributed by atoms with van der Waals surface area (Å²) in [5, 5.41) is 0. The van der Waals surface area contributed by atoms with Crippen LogP contribution in [0.5, 0.6) is 0 Å². The van der Waals surface area contributed by atoms with Crippen molar-refractivity contribution in [1.82, 2.24) is 0 Å². The van der Waals surface area contributed by atoms with Gasteiger partial charge < -0.3 is 4.74 Å². The molecule has 0 aromatic heterocycles. The number of carbonyl (C=O) groups excluding carboxylic acids is 1. The van der Waals surface area contributed by atoms with Crippen LogP contribution in [0.2, 0.25) is 0 Å². The first-order valence-corrected chi connectivity index (χ1v) is 9.21. The van der Waals surface area contributed by atoms with Crippen LogP contribution in [0.4, 0.5) is 0 Å². The molecule has 0 N–H and O–H groups in total. The average molecular weight is 334 g/mol.